The predicted molar refractivity (Wildman–Crippen MR) is 271 cm³/mol. The SMILES string of the molecule is COC1C(=O)[C@H](C)C[C@H](C)/C=C/C=C/C=C(\C)[C@@H](OC)C[C@@H]2CC[C@@H](C)[C@@](O)(O2)C(=O)C(=O)N2CCCC[C@H]2C(=O)O[C@H]([C@H](C)CC2CC[C@@H](OC(=O)C(C)(CO)CO)[C@H](OC)C2)CC(=O)[C@H](C)/C=C(\C)[C@H]1O. The summed E-state index contributed by atoms with van der Waals surface area (Å²) in [6, 6.07) is -1.20. The van der Waals surface area contributed by atoms with Crippen molar-refractivity contribution in [1.82, 2.24) is 4.90 Å². The predicted octanol–water partition coefficient (Wildman–Crippen LogP) is 5.72. The van der Waals surface area contributed by atoms with Crippen molar-refractivity contribution in [2.45, 2.75) is 187 Å². The molecule has 412 valence electrons. The Morgan fingerprint density at radius 1 is 0.863 bits per heavy atom. The largest absolute Gasteiger partial charge is 0.460 e. The summed E-state index contributed by atoms with van der Waals surface area (Å²) in [4.78, 5) is 85.4. The normalized spacial score (nSPS) is 37.4. The van der Waals surface area contributed by atoms with Crippen LogP contribution in [0.4, 0.5) is 0 Å². The van der Waals surface area contributed by atoms with Crippen LogP contribution in [0.15, 0.2) is 47.6 Å². The average molecular weight is 1030 g/mol. The number of esters is 2. The number of rotatable bonds is 10. The third kappa shape index (κ3) is 16.0. The van der Waals surface area contributed by atoms with Gasteiger partial charge in [-0.25, -0.2) is 4.79 Å². The van der Waals surface area contributed by atoms with Crippen LogP contribution in [0, 0.1) is 40.9 Å². The Morgan fingerprint density at radius 3 is 2.21 bits per heavy atom. The average Bonchev–Trinajstić information content (AvgIpc) is 3.37. The van der Waals surface area contributed by atoms with Gasteiger partial charge in [-0.15, -0.1) is 0 Å². The lowest BCUT2D eigenvalue weighted by Gasteiger charge is -2.42. The number of ether oxygens (including phenoxy) is 6. The van der Waals surface area contributed by atoms with Crippen LogP contribution in [0.3, 0.4) is 0 Å². The molecule has 1 saturated carbocycles. The molecule has 17 heteroatoms. The monoisotopic (exact) mass is 1030 g/mol. The van der Waals surface area contributed by atoms with E-state index >= 15 is 0 Å². The molecule has 0 spiro atoms. The number of piperidine rings is 1. The van der Waals surface area contributed by atoms with Crippen LogP contribution < -0.4 is 0 Å². The fourth-order valence-electron chi connectivity index (χ4n) is 10.7. The van der Waals surface area contributed by atoms with E-state index in [1.807, 2.05) is 51.2 Å². The number of aliphatic hydroxyl groups excluding tert-OH is 3. The molecule has 2 unspecified atom stereocenters. The molecule has 4 rings (SSSR count). The number of carbonyl (C=O) groups excluding carboxylic acids is 6. The molecule has 15 atom stereocenters. The summed E-state index contributed by atoms with van der Waals surface area (Å²) >= 11 is 0. The van der Waals surface area contributed by atoms with Crippen molar-refractivity contribution in [2.24, 2.45) is 40.9 Å². The zero-order valence-electron chi connectivity index (χ0n) is 45.3. The van der Waals surface area contributed by atoms with Crippen LogP contribution in [0.1, 0.15) is 132 Å². The second-order valence-corrected chi connectivity index (χ2v) is 21.8. The van der Waals surface area contributed by atoms with E-state index in [1.165, 1.54) is 21.1 Å². The molecular weight excluding hydrogens is 943 g/mol. The molecule has 0 aromatic carbocycles. The molecule has 1 amide bonds. The molecule has 0 aromatic heterocycles. The fraction of sp³-hybridized carbons (Fsp3) is 0.750. The molecular formula is C56H87NO16. The Balaban J connectivity index is 1.69. The minimum absolute atomic E-state index is 0.00697. The van der Waals surface area contributed by atoms with Crippen molar-refractivity contribution in [2.75, 3.05) is 41.1 Å². The van der Waals surface area contributed by atoms with E-state index in [4.69, 9.17) is 28.4 Å². The Morgan fingerprint density at radius 2 is 1.56 bits per heavy atom. The first kappa shape index (κ1) is 61.6. The van der Waals surface area contributed by atoms with Gasteiger partial charge in [0.15, 0.2) is 5.78 Å². The summed E-state index contributed by atoms with van der Waals surface area (Å²) in [7, 11) is 4.43. The number of carbonyl (C=O) groups is 6. The molecule has 17 nitrogen and oxygen atoms in total. The topological polar surface area (TPSA) is 242 Å². The van der Waals surface area contributed by atoms with Crippen molar-refractivity contribution in [3.05, 3.63) is 47.6 Å². The minimum atomic E-state index is -2.47. The van der Waals surface area contributed by atoms with Gasteiger partial charge in [0, 0.05) is 58.5 Å². The summed E-state index contributed by atoms with van der Waals surface area (Å²) in [5, 5.41) is 43.1. The first-order valence-corrected chi connectivity index (χ1v) is 26.4. The van der Waals surface area contributed by atoms with Crippen molar-refractivity contribution < 1.29 is 77.6 Å². The van der Waals surface area contributed by atoms with Gasteiger partial charge in [0.1, 0.15) is 41.7 Å². The Kier molecular flexibility index (Phi) is 23.9. The Labute approximate surface area is 433 Å². The molecule has 3 heterocycles. The number of fused-ring (bicyclic) bond motifs is 3. The molecule has 73 heavy (non-hydrogen) atoms. The van der Waals surface area contributed by atoms with Crippen molar-refractivity contribution in [3.63, 3.8) is 0 Å². The number of methoxy groups -OCH3 is 3. The fourth-order valence-corrected chi connectivity index (χ4v) is 10.7. The maximum absolute atomic E-state index is 14.5. The quantitative estimate of drug-likeness (QED) is 0.116. The minimum Gasteiger partial charge on any atom is -0.460 e. The highest BCUT2D eigenvalue weighted by atomic mass is 16.6. The number of hydrogen-bond acceptors (Lipinski definition) is 16. The second kappa shape index (κ2) is 28.3. The molecule has 0 aromatic rings. The molecule has 1 aliphatic carbocycles. The molecule has 2 saturated heterocycles. The van der Waals surface area contributed by atoms with Crippen LogP contribution in [0.5, 0.6) is 0 Å². The molecule has 2 bridgehead atoms. The summed E-state index contributed by atoms with van der Waals surface area (Å²) < 4.78 is 35.4. The van der Waals surface area contributed by atoms with Gasteiger partial charge in [0.05, 0.1) is 31.5 Å². The maximum Gasteiger partial charge on any atom is 0.329 e. The van der Waals surface area contributed by atoms with Gasteiger partial charge in [-0.3, -0.25) is 24.0 Å². The van der Waals surface area contributed by atoms with Gasteiger partial charge in [0.25, 0.3) is 11.7 Å². The third-order valence-electron chi connectivity index (χ3n) is 15.9. The standard InChI is InChI=1S/C56H87NO16/c1-33-17-13-12-14-18-34(2)45(68-9)29-41-22-20-39(7)56(67,73-41)51(63)52(64)57-24-16-15-19-42(57)53(65)71-46(30-43(60)35(3)26-38(6)49(62)50(70-11)48(61)37(5)25-33)36(4)27-40-21-23-44(47(28-40)69-10)72-54(66)55(8,31-58)32-59/h12-14,17-18,26,33,35-37,39-42,44-47,49-50,58-59,62,67H,15-16,19-25,27-32H2,1-11H3/b14-12+,17-13+,34-18+,38-26+/t33-,35-,36-,37-,39-,40?,41+,42+,44-,45+,46+,47-,49-,50?,56-/m1/s1. The van der Waals surface area contributed by atoms with Crippen molar-refractivity contribution in [1.29, 1.82) is 0 Å². The first-order valence-electron chi connectivity index (χ1n) is 26.4. The second-order valence-electron chi connectivity index (χ2n) is 21.8. The lowest BCUT2D eigenvalue weighted by Crippen LogP contribution is -2.61. The van der Waals surface area contributed by atoms with E-state index in [1.54, 1.807) is 40.9 Å². The highest BCUT2D eigenvalue weighted by Gasteiger charge is 2.53. The molecule has 4 N–H and O–H groups in total. The number of amides is 1. The van der Waals surface area contributed by atoms with Gasteiger partial charge >= 0.3 is 11.9 Å². The van der Waals surface area contributed by atoms with Gasteiger partial charge in [-0.05, 0) is 114 Å². The lowest BCUT2D eigenvalue weighted by molar-refractivity contribution is -0.265. The number of allylic oxidation sites excluding steroid dienone is 6. The van der Waals surface area contributed by atoms with E-state index in [9.17, 15) is 49.2 Å². The van der Waals surface area contributed by atoms with Crippen molar-refractivity contribution in [3.8, 4) is 0 Å². The highest BCUT2D eigenvalue weighted by molar-refractivity contribution is 6.39. The molecule has 3 aliphatic heterocycles. The van der Waals surface area contributed by atoms with E-state index in [0.29, 0.717) is 69.8 Å². The van der Waals surface area contributed by atoms with Crippen molar-refractivity contribution >= 4 is 35.2 Å². The van der Waals surface area contributed by atoms with Gasteiger partial charge in [-0.2, -0.15) is 0 Å². The van der Waals surface area contributed by atoms with Crippen LogP contribution in [0.25, 0.3) is 0 Å². The summed E-state index contributed by atoms with van der Waals surface area (Å²) in [5.41, 5.74) is -0.277. The maximum atomic E-state index is 14.5. The summed E-state index contributed by atoms with van der Waals surface area (Å²) in [6.45, 7) is 12.7. The van der Waals surface area contributed by atoms with Crippen LogP contribution >= 0.6 is 0 Å². The van der Waals surface area contributed by atoms with Crippen LogP contribution in [0.2, 0.25) is 0 Å². The number of nitrogens with zero attached hydrogens (tertiary/aromatic N) is 1. The number of Topliss-reactive ketones (excluding diaryl/α,β-unsaturated/α-hetero) is 3. The van der Waals surface area contributed by atoms with Crippen LogP contribution in [-0.2, 0) is 57.2 Å². The third-order valence-corrected chi connectivity index (χ3v) is 15.9. The number of aliphatic hydroxyl groups is 4. The summed E-state index contributed by atoms with van der Waals surface area (Å²) in [6.07, 6.45) is 9.76. The molecule has 3 fully saturated rings. The zero-order chi connectivity index (χ0) is 54.4. The summed E-state index contributed by atoms with van der Waals surface area (Å²) in [5.74, 6) is -9.36. The molecule has 0 radical (unpaired) electrons. The van der Waals surface area contributed by atoms with Gasteiger partial charge in [-0.1, -0.05) is 71.1 Å². The Bertz CT molecular complexity index is 2010. The number of ketones is 3. The highest BCUT2D eigenvalue weighted by Crippen LogP contribution is 2.38. The van der Waals surface area contributed by atoms with E-state index in [-0.39, 0.29) is 42.8 Å². The van der Waals surface area contributed by atoms with E-state index in [2.05, 4.69) is 0 Å². The Hall–Kier alpha value is -3.94. The number of cyclic esters (lactones) is 1. The van der Waals surface area contributed by atoms with Crippen LogP contribution in [-0.4, -0.2) is 156 Å². The lowest BCUT2D eigenvalue weighted by atomic mass is 9.78. The van der Waals surface area contributed by atoms with E-state index < -0.39 is 120 Å². The van der Waals surface area contributed by atoms with Gasteiger partial charge in [0.2, 0.25) is 5.79 Å². The van der Waals surface area contributed by atoms with E-state index in [0.717, 1.165) is 10.5 Å². The smallest absolute Gasteiger partial charge is 0.329 e. The van der Waals surface area contributed by atoms with Gasteiger partial charge < -0.3 is 53.7 Å². The zero-order valence-corrected chi connectivity index (χ0v) is 45.3. The first-order chi connectivity index (χ1) is 34.5. The number of hydrogen-bond donors (Lipinski definition) is 4. The molecule has 4 aliphatic rings.